The largest absolute Gasteiger partial charge is 0.465 e. The van der Waals surface area contributed by atoms with Crippen LogP contribution >= 0.6 is 11.8 Å². The molecule has 0 spiro atoms. The number of hydrogen-bond donors (Lipinski definition) is 1. The summed E-state index contributed by atoms with van der Waals surface area (Å²) in [6.45, 7) is 0.917. The van der Waals surface area contributed by atoms with Crippen molar-refractivity contribution in [3.63, 3.8) is 0 Å². The van der Waals surface area contributed by atoms with Crippen molar-refractivity contribution in [3.8, 4) is 0 Å². The van der Waals surface area contributed by atoms with Gasteiger partial charge in [0.15, 0.2) is 0 Å². The zero-order valence-corrected chi connectivity index (χ0v) is 14.1. The lowest BCUT2D eigenvalue weighted by atomic mass is 10.2. The molecule has 1 heterocycles. The van der Waals surface area contributed by atoms with Gasteiger partial charge in [0.1, 0.15) is 0 Å². The number of nitrogens with zero attached hydrogens (tertiary/aromatic N) is 1. The van der Waals surface area contributed by atoms with Gasteiger partial charge in [-0.3, -0.25) is 4.79 Å². The van der Waals surface area contributed by atoms with Crippen LogP contribution in [0, 0.1) is 0 Å². The van der Waals surface area contributed by atoms with Crippen molar-refractivity contribution in [2.75, 3.05) is 36.2 Å². The molecular formula is C18H18N2O3S. The summed E-state index contributed by atoms with van der Waals surface area (Å²) in [6.07, 6.45) is 0. The van der Waals surface area contributed by atoms with Gasteiger partial charge in [0.2, 0.25) is 5.91 Å². The first-order valence-corrected chi connectivity index (χ1v) is 8.62. The Kier molecular flexibility index (Phi) is 5.05. The number of fused-ring (bicyclic) bond motifs is 1. The lowest BCUT2D eigenvalue weighted by Crippen LogP contribution is -2.39. The number of ether oxygens (including phenoxy) is 1. The summed E-state index contributed by atoms with van der Waals surface area (Å²) in [4.78, 5) is 26.9. The number of hydrogen-bond acceptors (Lipinski definition) is 5. The average Bonchev–Trinajstić information content (AvgIpc) is 2.65. The molecule has 0 fully saturated rings. The second-order valence-electron chi connectivity index (χ2n) is 5.28. The van der Waals surface area contributed by atoms with E-state index in [2.05, 4.69) is 10.1 Å². The Bertz CT molecular complexity index is 746. The smallest absolute Gasteiger partial charge is 0.337 e. The highest BCUT2D eigenvalue weighted by Crippen LogP contribution is 2.34. The third-order valence-corrected chi connectivity index (χ3v) is 4.82. The highest BCUT2D eigenvalue weighted by Gasteiger charge is 2.22. The van der Waals surface area contributed by atoms with Crippen LogP contribution in [0.25, 0.3) is 0 Å². The fraction of sp³-hybridized carbons (Fsp3) is 0.222. The second kappa shape index (κ2) is 7.40. The number of rotatable bonds is 4. The standard InChI is InChI=1S/C18H18N2O3S/c1-23-18(22)13-6-8-14(9-7-13)19-12-17(21)20-10-11-24-16-5-3-2-4-15(16)20/h2-9,19H,10-12H2,1H3. The predicted molar refractivity (Wildman–Crippen MR) is 95.8 cm³/mol. The van der Waals surface area contributed by atoms with Gasteiger partial charge in [-0.1, -0.05) is 12.1 Å². The molecule has 0 atom stereocenters. The van der Waals surface area contributed by atoms with Gasteiger partial charge in [0.25, 0.3) is 0 Å². The van der Waals surface area contributed by atoms with Crippen molar-refractivity contribution in [2.24, 2.45) is 0 Å². The Balaban J connectivity index is 1.63. The molecule has 5 nitrogen and oxygen atoms in total. The van der Waals surface area contributed by atoms with E-state index in [1.165, 1.54) is 7.11 Å². The van der Waals surface area contributed by atoms with E-state index in [-0.39, 0.29) is 18.4 Å². The number of carbonyl (C=O) groups excluding carboxylic acids is 2. The minimum Gasteiger partial charge on any atom is -0.465 e. The molecule has 1 aliphatic heterocycles. The summed E-state index contributed by atoms with van der Waals surface area (Å²) in [5.41, 5.74) is 2.24. The summed E-state index contributed by atoms with van der Waals surface area (Å²) >= 11 is 1.77. The quantitative estimate of drug-likeness (QED) is 0.866. The van der Waals surface area contributed by atoms with E-state index in [1.54, 1.807) is 36.0 Å². The fourth-order valence-electron chi connectivity index (χ4n) is 2.54. The van der Waals surface area contributed by atoms with E-state index in [9.17, 15) is 9.59 Å². The maximum absolute atomic E-state index is 12.5. The Labute approximate surface area is 145 Å². The van der Waals surface area contributed by atoms with Crippen LogP contribution in [0.5, 0.6) is 0 Å². The van der Waals surface area contributed by atoms with E-state index in [0.717, 1.165) is 22.0 Å². The Hall–Kier alpha value is -2.47. The molecule has 0 unspecified atom stereocenters. The van der Waals surface area contributed by atoms with Crippen molar-refractivity contribution in [3.05, 3.63) is 54.1 Å². The van der Waals surface area contributed by atoms with Gasteiger partial charge in [-0.2, -0.15) is 0 Å². The van der Waals surface area contributed by atoms with Gasteiger partial charge < -0.3 is 15.0 Å². The highest BCUT2D eigenvalue weighted by molar-refractivity contribution is 7.99. The molecule has 0 bridgehead atoms. The summed E-state index contributed by atoms with van der Waals surface area (Å²) < 4.78 is 4.66. The number of benzene rings is 2. The first kappa shape index (κ1) is 16.4. The highest BCUT2D eigenvalue weighted by atomic mass is 32.2. The molecule has 24 heavy (non-hydrogen) atoms. The fourth-order valence-corrected chi connectivity index (χ4v) is 3.54. The van der Waals surface area contributed by atoms with Crippen molar-refractivity contribution < 1.29 is 14.3 Å². The first-order valence-electron chi connectivity index (χ1n) is 7.63. The topological polar surface area (TPSA) is 58.6 Å². The van der Waals surface area contributed by atoms with Crippen LogP contribution in [0.3, 0.4) is 0 Å². The van der Waals surface area contributed by atoms with Gasteiger partial charge in [-0.15, -0.1) is 11.8 Å². The molecule has 0 radical (unpaired) electrons. The van der Waals surface area contributed by atoms with Crippen LogP contribution in [0.1, 0.15) is 10.4 Å². The van der Waals surface area contributed by atoms with Crippen LogP contribution < -0.4 is 10.2 Å². The zero-order valence-electron chi connectivity index (χ0n) is 13.3. The van der Waals surface area contributed by atoms with Crippen LogP contribution in [-0.4, -0.2) is 37.8 Å². The maximum atomic E-state index is 12.5. The average molecular weight is 342 g/mol. The maximum Gasteiger partial charge on any atom is 0.337 e. The van der Waals surface area contributed by atoms with Crippen molar-refractivity contribution in [2.45, 2.75) is 4.90 Å². The first-order chi connectivity index (χ1) is 11.7. The number of esters is 1. The third-order valence-electron chi connectivity index (χ3n) is 3.78. The Morgan fingerprint density at radius 3 is 2.67 bits per heavy atom. The minimum absolute atomic E-state index is 0.0276. The van der Waals surface area contributed by atoms with E-state index in [1.807, 2.05) is 29.2 Å². The molecular weight excluding hydrogens is 324 g/mol. The van der Waals surface area contributed by atoms with Crippen molar-refractivity contribution in [1.82, 2.24) is 0 Å². The minimum atomic E-state index is -0.375. The number of carbonyl (C=O) groups is 2. The monoisotopic (exact) mass is 342 g/mol. The molecule has 3 rings (SSSR count). The van der Waals surface area contributed by atoms with E-state index < -0.39 is 0 Å². The molecule has 1 N–H and O–H groups in total. The third kappa shape index (κ3) is 3.54. The molecule has 0 saturated carbocycles. The number of anilines is 2. The van der Waals surface area contributed by atoms with E-state index >= 15 is 0 Å². The number of nitrogens with one attached hydrogen (secondary N) is 1. The van der Waals surface area contributed by atoms with Gasteiger partial charge in [-0.05, 0) is 36.4 Å². The zero-order chi connectivity index (χ0) is 16.9. The molecule has 124 valence electrons. The lowest BCUT2D eigenvalue weighted by Gasteiger charge is -2.29. The summed E-state index contributed by atoms with van der Waals surface area (Å²) in [7, 11) is 1.35. The van der Waals surface area contributed by atoms with Gasteiger partial charge >= 0.3 is 5.97 Å². The Morgan fingerprint density at radius 1 is 1.17 bits per heavy atom. The van der Waals surface area contributed by atoms with Crippen molar-refractivity contribution in [1.29, 1.82) is 0 Å². The molecule has 1 amide bonds. The normalized spacial score (nSPS) is 13.1. The number of thioether (sulfide) groups is 1. The summed E-state index contributed by atoms with van der Waals surface area (Å²) in [6, 6.07) is 14.8. The number of amides is 1. The molecule has 0 saturated heterocycles. The molecule has 1 aliphatic rings. The van der Waals surface area contributed by atoms with E-state index in [0.29, 0.717) is 12.1 Å². The van der Waals surface area contributed by atoms with Crippen LogP contribution in [0.15, 0.2) is 53.4 Å². The van der Waals surface area contributed by atoms with Gasteiger partial charge in [-0.25, -0.2) is 4.79 Å². The summed E-state index contributed by atoms with van der Waals surface area (Å²) in [5, 5.41) is 3.11. The molecule has 2 aromatic carbocycles. The molecule has 6 heteroatoms. The van der Waals surface area contributed by atoms with Crippen LogP contribution in [-0.2, 0) is 9.53 Å². The van der Waals surface area contributed by atoms with Crippen LogP contribution in [0.4, 0.5) is 11.4 Å². The van der Waals surface area contributed by atoms with Crippen molar-refractivity contribution >= 4 is 35.0 Å². The SMILES string of the molecule is COC(=O)c1ccc(NCC(=O)N2CCSc3ccccc32)cc1. The molecule has 2 aromatic rings. The summed E-state index contributed by atoms with van der Waals surface area (Å²) in [5.74, 6) is 0.552. The predicted octanol–water partition coefficient (Wildman–Crippen LogP) is 3.02. The second-order valence-corrected chi connectivity index (χ2v) is 6.42. The van der Waals surface area contributed by atoms with Gasteiger partial charge in [0, 0.05) is 22.9 Å². The van der Waals surface area contributed by atoms with Crippen LogP contribution in [0.2, 0.25) is 0 Å². The lowest BCUT2D eigenvalue weighted by molar-refractivity contribution is -0.117. The molecule has 0 aliphatic carbocycles. The molecule has 0 aromatic heterocycles. The Morgan fingerprint density at radius 2 is 1.92 bits per heavy atom. The number of methoxy groups -OCH3 is 1. The van der Waals surface area contributed by atoms with Gasteiger partial charge in [0.05, 0.1) is 24.9 Å². The number of para-hydroxylation sites is 1. The van der Waals surface area contributed by atoms with E-state index in [4.69, 9.17) is 0 Å².